The predicted molar refractivity (Wildman–Crippen MR) is 92.6 cm³/mol. The van der Waals surface area contributed by atoms with E-state index in [0.717, 1.165) is 57.6 Å². The van der Waals surface area contributed by atoms with Crippen molar-refractivity contribution in [1.82, 2.24) is 14.1 Å². The van der Waals surface area contributed by atoms with Gasteiger partial charge >= 0.3 is 0 Å². The molecule has 2 fully saturated rings. The number of rotatable bonds is 7. The maximum absolute atomic E-state index is 12.6. The molecule has 3 aliphatic rings. The Morgan fingerprint density at radius 1 is 1.24 bits per heavy atom. The minimum absolute atomic E-state index is 0.0574. The van der Waals surface area contributed by atoms with Gasteiger partial charge in [-0.15, -0.1) is 0 Å². The molecule has 140 valence electrons. The van der Waals surface area contributed by atoms with Crippen molar-refractivity contribution in [3.63, 3.8) is 0 Å². The van der Waals surface area contributed by atoms with Gasteiger partial charge in [-0.25, -0.2) is 8.42 Å². The van der Waals surface area contributed by atoms with E-state index >= 15 is 0 Å². The van der Waals surface area contributed by atoms with Crippen molar-refractivity contribution >= 4 is 10.0 Å². The fourth-order valence-electron chi connectivity index (χ4n) is 3.72. The first kappa shape index (κ1) is 17.5. The van der Waals surface area contributed by atoms with E-state index in [9.17, 15) is 8.42 Å². The van der Waals surface area contributed by atoms with Crippen LogP contribution in [0.3, 0.4) is 0 Å². The maximum atomic E-state index is 12.6. The lowest BCUT2D eigenvalue weighted by Gasteiger charge is -2.33. The molecule has 25 heavy (non-hydrogen) atoms. The van der Waals surface area contributed by atoms with Gasteiger partial charge in [0.05, 0.1) is 23.5 Å². The lowest BCUT2D eigenvalue weighted by molar-refractivity contribution is 0.0167. The monoisotopic (exact) mass is 369 g/mol. The van der Waals surface area contributed by atoms with Crippen LogP contribution in [0.4, 0.5) is 0 Å². The van der Waals surface area contributed by atoms with Crippen LogP contribution >= 0.6 is 0 Å². The number of nitrogens with zero attached hydrogens (tertiary/aromatic N) is 3. The van der Waals surface area contributed by atoms with Gasteiger partial charge in [-0.1, -0.05) is 0 Å². The summed E-state index contributed by atoms with van der Waals surface area (Å²) >= 11 is 0. The van der Waals surface area contributed by atoms with Gasteiger partial charge in [0.15, 0.2) is 0 Å². The van der Waals surface area contributed by atoms with Crippen molar-refractivity contribution < 1.29 is 17.9 Å². The zero-order chi connectivity index (χ0) is 17.3. The minimum atomic E-state index is -3.15. The third-order valence-electron chi connectivity index (χ3n) is 5.45. The second-order valence-electron chi connectivity index (χ2n) is 7.38. The van der Waals surface area contributed by atoms with Crippen LogP contribution in [0.5, 0.6) is 0 Å². The first-order valence-corrected chi connectivity index (χ1v) is 10.8. The van der Waals surface area contributed by atoms with Gasteiger partial charge in [0.2, 0.25) is 10.0 Å². The van der Waals surface area contributed by atoms with Gasteiger partial charge in [0.25, 0.3) is 0 Å². The van der Waals surface area contributed by atoms with Crippen LogP contribution in [0.25, 0.3) is 0 Å². The fourth-order valence-corrected chi connectivity index (χ4v) is 5.57. The molecule has 1 saturated carbocycles. The molecule has 0 radical (unpaired) electrons. The smallest absolute Gasteiger partial charge is 0.217 e. The first-order chi connectivity index (χ1) is 12.1. The first-order valence-electron chi connectivity index (χ1n) is 9.31. The molecule has 3 heterocycles. The fraction of sp³-hybridized carbons (Fsp3) is 0.824. The number of ether oxygens (including phenoxy) is 2. The Bertz CT molecular complexity index is 680. The number of hydrogen-bond acceptors (Lipinski definition) is 5. The predicted octanol–water partition coefficient (Wildman–Crippen LogP) is 1.57. The summed E-state index contributed by atoms with van der Waals surface area (Å²) in [6.07, 6.45) is 6.29. The third-order valence-corrected chi connectivity index (χ3v) is 7.76. The topological polar surface area (TPSA) is 73.7 Å². The van der Waals surface area contributed by atoms with Crippen LogP contribution < -0.4 is 0 Å². The van der Waals surface area contributed by atoms with E-state index in [4.69, 9.17) is 9.47 Å². The highest BCUT2D eigenvalue weighted by atomic mass is 32.2. The summed E-state index contributed by atoms with van der Waals surface area (Å²) in [5.41, 5.74) is 0.977. The van der Waals surface area contributed by atoms with Crippen LogP contribution in [0, 0.1) is 5.92 Å². The Balaban J connectivity index is 1.33. The Kier molecular flexibility index (Phi) is 5.13. The van der Waals surface area contributed by atoms with Crippen LogP contribution in [-0.4, -0.2) is 60.7 Å². The molecule has 1 aromatic rings. The van der Waals surface area contributed by atoms with Crippen LogP contribution in [-0.2, 0) is 26.0 Å². The molecule has 0 bridgehead atoms. The van der Waals surface area contributed by atoms with Gasteiger partial charge < -0.3 is 9.47 Å². The molecular formula is C17H27N3O4S. The van der Waals surface area contributed by atoms with E-state index in [-0.39, 0.29) is 11.3 Å². The molecule has 0 unspecified atom stereocenters. The van der Waals surface area contributed by atoms with Crippen molar-refractivity contribution in [2.24, 2.45) is 5.92 Å². The molecule has 2 aliphatic heterocycles. The quantitative estimate of drug-likeness (QED) is 0.682. The molecule has 8 heteroatoms. The lowest BCUT2D eigenvalue weighted by atomic mass is 10.0. The largest absolute Gasteiger partial charge is 0.381 e. The molecule has 1 aliphatic carbocycles. The second kappa shape index (κ2) is 7.34. The van der Waals surface area contributed by atoms with E-state index in [1.807, 2.05) is 10.7 Å². The van der Waals surface area contributed by atoms with Crippen molar-refractivity contribution in [3.8, 4) is 0 Å². The number of fused-ring (bicyclic) bond motifs is 1. The Hall–Kier alpha value is -0.960. The lowest BCUT2D eigenvalue weighted by Crippen LogP contribution is -2.43. The summed E-state index contributed by atoms with van der Waals surface area (Å²) < 4.78 is 40.1. The Morgan fingerprint density at radius 3 is 2.80 bits per heavy atom. The summed E-state index contributed by atoms with van der Waals surface area (Å²) in [6.45, 7) is 4.03. The highest BCUT2D eigenvalue weighted by Gasteiger charge is 2.42. The van der Waals surface area contributed by atoms with Crippen LogP contribution in [0.2, 0.25) is 0 Å². The molecule has 0 aromatic carbocycles. The van der Waals surface area contributed by atoms with Gasteiger partial charge in [-0.3, -0.25) is 4.68 Å². The summed E-state index contributed by atoms with van der Waals surface area (Å²) in [5, 5.41) is 4.25. The third kappa shape index (κ3) is 3.92. The van der Waals surface area contributed by atoms with Crippen LogP contribution in [0.1, 0.15) is 43.8 Å². The van der Waals surface area contributed by atoms with Crippen molar-refractivity contribution in [1.29, 1.82) is 0 Å². The summed E-state index contributed by atoms with van der Waals surface area (Å²) in [4.78, 5) is 0. The van der Waals surface area contributed by atoms with Crippen molar-refractivity contribution in [2.75, 3.05) is 33.0 Å². The summed E-state index contributed by atoms with van der Waals surface area (Å²) in [6, 6.07) is 1.98. The number of hydrogen-bond donors (Lipinski definition) is 0. The molecule has 4 rings (SSSR count). The van der Waals surface area contributed by atoms with E-state index in [0.29, 0.717) is 25.6 Å². The summed E-state index contributed by atoms with van der Waals surface area (Å²) in [5.74, 6) is 0.590. The zero-order valence-electron chi connectivity index (χ0n) is 14.5. The molecule has 7 nitrogen and oxygen atoms in total. The van der Waals surface area contributed by atoms with E-state index in [1.165, 1.54) is 0 Å². The highest BCUT2D eigenvalue weighted by molar-refractivity contribution is 7.90. The standard InChI is InChI=1S/C17H27N3O4S/c21-25(22,17-1-2-17)19-11-15-3-7-18-20(15)16(12-19)6-10-24-13-14-4-8-23-9-5-14/h3,7,14,16-17H,1-2,4-6,8-13H2/t16-/m0/s1. The molecular weight excluding hydrogens is 342 g/mol. The minimum Gasteiger partial charge on any atom is -0.381 e. The normalized spacial score (nSPS) is 25.8. The average molecular weight is 369 g/mol. The molecule has 0 N–H and O–H groups in total. The molecule has 1 aromatic heterocycles. The highest BCUT2D eigenvalue weighted by Crippen LogP contribution is 2.34. The van der Waals surface area contributed by atoms with Gasteiger partial charge in [-0.2, -0.15) is 9.40 Å². The molecule has 0 amide bonds. The molecule has 1 saturated heterocycles. The van der Waals surface area contributed by atoms with E-state index in [1.54, 1.807) is 10.5 Å². The average Bonchev–Trinajstić information content (AvgIpc) is 3.38. The second-order valence-corrected chi connectivity index (χ2v) is 9.59. The maximum Gasteiger partial charge on any atom is 0.217 e. The van der Waals surface area contributed by atoms with Crippen LogP contribution in [0.15, 0.2) is 12.3 Å². The number of sulfonamides is 1. The van der Waals surface area contributed by atoms with E-state index < -0.39 is 10.0 Å². The SMILES string of the molecule is O=S(=O)(C1CC1)N1Cc2ccnn2[C@@H](CCOCC2CCOCC2)C1. The zero-order valence-corrected chi connectivity index (χ0v) is 15.4. The van der Waals surface area contributed by atoms with Gasteiger partial charge in [0, 0.05) is 39.2 Å². The van der Waals surface area contributed by atoms with Crippen molar-refractivity contribution in [2.45, 2.75) is 49.9 Å². The Labute approximate surface area is 149 Å². The number of aromatic nitrogens is 2. The van der Waals surface area contributed by atoms with Gasteiger partial charge in [-0.05, 0) is 44.1 Å². The summed E-state index contributed by atoms with van der Waals surface area (Å²) in [7, 11) is -3.15. The van der Waals surface area contributed by atoms with E-state index in [2.05, 4.69) is 5.10 Å². The Morgan fingerprint density at radius 2 is 2.04 bits per heavy atom. The molecule has 0 spiro atoms. The van der Waals surface area contributed by atoms with Gasteiger partial charge in [0.1, 0.15) is 0 Å². The van der Waals surface area contributed by atoms with Crippen molar-refractivity contribution in [3.05, 3.63) is 18.0 Å². The molecule has 1 atom stereocenters.